The Balaban J connectivity index is 1.67. The summed E-state index contributed by atoms with van der Waals surface area (Å²) in [6.45, 7) is 4.71. The lowest BCUT2D eigenvalue weighted by atomic mass is 9.46. The zero-order chi connectivity index (χ0) is 14.8. The number of hydrogen-bond acceptors (Lipinski definition) is 2. The third-order valence-electron chi connectivity index (χ3n) is 7.71. The highest BCUT2D eigenvalue weighted by Gasteiger charge is 2.57. The molecule has 0 saturated heterocycles. The Bertz CT molecular complexity index is 508. The second-order valence-electron chi connectivity index (χ2n) is 8.46. The Morgan fingerprint density at radius 1 is 1.14 bits per heavy atom. The van der Waals surface area contributed by atoms with Crippen molar-refractivity contribution in [3.05, 3.63) is 24.0 Å². The summed E-state index contributed by atoms with van der Waals surface area (Å²) in [7, 11) is 0. The molecule has 4 aliphatic rings. The maximum absolute atomic E-state index is 10.3. The summed E-state index contributed by atoms with van der Waals surface area (Å²) in [6.07, 6.45) is 13.1. The molecule has 0 spiro atoms. The van der Waals surface area contributed by atoms with Gasteiger partial charge < -0.3 is 10.2 Å². The summed E-state index contributed by atoms with van der Waals surface area (Å²) >= 11 is 0. The molecule has 2 heteroatoms. The minimum absolute atomic E-state index is 0.0439. The number of rotatable bonds is 0. The van der Waals surface area contributed by atoms with Gasteiger partial charge in [0.05, 0.1) is 11.9 Å². The zero-order valence-corrected chi connectivity index (χ0v) is 13.3. The summed E-state index contributed by atoms with van der Waals surface area (Å²) in [5.74, 6) is 3.41. The fraction of sp³-hybridized carbons (Fsp3) is 0.789. The van der Waals surface area contributed by atoms with Crippen LogP contribution >= 0.6 is 0 Å². The van der Waals surface area contributed by atoms with Crippen molar-refractivity contribution in [3.8, 4) is 0 Å². The van der Waals surface area contributed by atoms with Gasteiger partial charge in [-0.3, -0.25) is 0 Å². The highest BCUT2D eigenvalue weighted by Crippen LogP contribution is 2.64. The van der Waals surface area contributed by atoms with Gasteiger partial charge in [-0.1, -0.05) is 26.0 Å². The van der Waals surface area contributed by atoms with Gasteiger partial charge in [-0.15, -0.1) is 0 Å². The van der Waals surface area contributed by atoms with Crippen molar-refractivity contribution in [1.82, 2.24) is 0 Å². The van der Waals surface area contributed by atoms with E-state index in [9.17, 15) is 10.2 Å². The Hall–Kier alpha value is -0.760. The van der Waals surface area contributed by atoms with E-state index in [4.69, 9.17) is 0 Å². The third kappa shape index (κ3) is 1.75. The van der Waals surface area contributed by atoms with Crippen molar-refractivity contribution in [2.45, 2.75) is 58.5 Å². The molecule has 7 atom stereocenters. The van der Waals surface area contributed by atoms with Crippen LogP contribution in [0.2, 0.25) is 0 Å². The fourth-order valence-corrected chi connectivity index (χ4v) is 6.33. The van der Waals surface area contributed by atoms with E-state index in [1.165, 1.54) is 19.3 Å². The van der Waals surface area contributed by atoms with Crippen molar-refractivity contribution >= 4 is 0 Å². The first-order valence-corrected chi connectivity index (χ1v) is 8.72. The molecule has 0 aromatic rings. The molecule has 4 aliphatic carbocycles. The molecule has 0 aromatic heterocycles. The zero-order valence-electron chi connectivity index (χ0n) is 13.3. The van der Waals surface area contributed by atoms with Gasteiger partial charge in [0.2, 0.25) is 0 Å². The fourth-order valence-electron chi connectivity index (χ4n) is 6.33. The van der Waals surface area contributed by atoms with Crippen molar-refractivity contribution in [2.75, 3.05) is 0 Å². The first-order chi connectivity index (χ1) is 9.95. The maximum atomic E-state index is 10.3. The lowest BCUT2D eigenvalue weighted by Crippen LogP contribution is -2.52. The average molecular weight is 288 g/mol. The number of hydrogen-bond donors (Lipinski definition) is 2. The smallest absolute Gasteiger partial charge is 0.0944 e. The molecule has 4 rings (SSSR count). The minimum Gasteiger partial charge on any atom is -0.512 e. The number of allylic oxidation sites excluding steroid dienone is 3. The Morgan fingerprint density at radius 2 is 1.95 bits per heavy atom. The van der Waals surface area contributed by atoms with E-state index in [2.05, 4.69) is 26.0 Å². The maximum Gasteiger partial charge on any atom is 0.0944 e. The molecule has 0 aliphatic heterocycles. The standard InChI is InChI=1S/C19H28O2/c1-18-9-7-13(20)11-12(18)3-4-14-15-5-6-17(21)19(15,2)10-8-16(14)18/h6-7,9,12-16,20-21H,3-5,8,10-11H2,1-2H3/t12?,13?,14-,15-,16-,18-,19-/m0/s1. The molecule has 21 heavy (non-hydrogen) atoms. The van der Waals surface area contributed by atoms with Crippen LogP contribution in [0, 0.1) is 34.5 Å². The van der Waals surface area contributed by atoms with Crippen LogP contribution in [-0.2, 0) is 0 Å². The second-order valence-corrected chi connectivity index (χ2v) is 8.46. The summed E-state index contributed by atoms with van der Waals surface area (Å²) in [5, 5.41) is 20.3. The minimum atomic E-state index is -0.231. The molecule has 0 heterocycles. The largest absolute Gasteiger partial charge is 0.512 e. The van der Waals surface area contributed by atoms with Gasteiger partial charge in [0.1, 0.15) is 0 Å². The number of aliphatic hydroxyl groups excluding tert-OH is 2. The molecule has 2 nitrogen and oxygen atoms in total. The molecular formula is C19H28O2. The average Bonchev–Trinajstić information content (AvgIpc) is 2.76. The van der Waals surface area contributed by atoms with E-state index in [0.29, 0.717) is 17.6 Å². The molecule has 0 aromatic carbocycles. The molecule has 2 N–H and O–H groups in total. The van der Waals surface area contributed by atoms with E-state index in [1.807, 2.05) is 6.08 Å². The Labute approximate surface area is 127 Å². The monoisotopic (exact) mass is 288 g/mol. The molecule has 0 bridgehead atoms. The van der Waals surface area contributed by atoms with Gasteiger partial charge in [0.15, 0.2) is 0 Å². The molecule has 2 saturated carbocycles. The van der Waals surface area contributed by atoms with Crippen LogP contribution in [0.4, 0.5) is 0 Å². The highest BCUT2D eigenvalue weighted by atomic mass is 16.3. The van der Waals surface area contributed by atoms with Gasteiger partial charge in [-0.2, -0.15) is 0 Å². The van der Waals surface area contributed by atoms with Crippen molar-refractivity contribution in [3.63, 3.8) is 0 Å². The number of fused-ring (bicyclic) bond motifs is 5. The lowest BCUT2D eigenvalue weighted by Gasteiger charge is -2.58. The van der Waals surface area contributed by atoms with Crippen LogP contribution in [0.1, 0.15) is 52.4 Å². The predicted molar refractivity (Wildman–Crippen MR) is 83.7 cm³/mol. The van der Waals surface area contributed by atoms with E-state index < -0.39 is 0 Å². The van der Waals surface area contributed by atoms with Crippen LogP contribution in [0.5, 0.6) is 0 Å². The van der Waals surface area contributed by atoms with E-state index in [1.54, 1.807) is 0 Å². The molecule has 0 amide bonds. The van der Waals surface area contributed by atoms with E-state index >= 15 is 0 Å². The molecule has 0 radical (unpaired) electrons. The van der Waals surface area contributed by atoms with Crippen LogP contribution in [-0.4, -0.2) is 16.3 Å². The van der Waals surface area contributed by atoms with Gasteiger partial charge >= 0.3 is 0 Å². The molecular weight excluding hydrogens is 260 g/mol. The molecule has 116 valence electrons. The van der Waals surface area contributed by atoms with Crippen LogP contribution < -0.4 is 0 Å². The van der Waals surface area contributed by atoms with Crippen LogP contribution in [0.3, 0.4) is 0 Å². The molecule has 2 fully saturated rings. The van der Waals surface area contributed by atoms with E-state index in [0.717, 1.165) is 31.1 Å². The van der Waals surface area contributed by atoms with Crippen LogP contribution in [0.15, 0.2) is 24.0 Å². The van der Waals surface area contributed by atoms with Crippen molar-refractivity contribution in [2.24, 2.45) is 34.5 Å². The Kier molecular flexibility index (Phi) is 2.89. The predicted octanol–water partition coefficient (Wildman–Crippen LogP) is 4.22. The summed E-state index contributed by atoms with van der Waals surface area (Å²) in [4.78, 5) is 0. The Morgan fingerprint density at radius 3 is 2.76 bits per heavy atom. The van der Waals surface area contributed by atoms with Gasteiger partial charge in [-0.05, 0) is 73.7 Å². The first-order valence-electron chi connectivity index (χ1n) is 8.72. The normalized spacial score (nSPS) is 55.4. The summed E-state index contributed by atoms with van der Waals surface area (Å²) in [6, 6.07) is 0. The van der Waals surface area contributed by atoms with Gasteiger partial charge in [0, 0.05) is 5.41 Å². The topological polar surface area (TPSA) is 40.5 Å². The van der Waals surface area contributed by atoms with E-state index in [-0.39, 0.29) is 16.9 Å². The van der Waals surface area contributed by atoms with Crippen LogP contribution in [0.25, 0.3) is 0 Å². The van der Waals surface area contributed by atoms with Gasteiger partial charge in [-0.25, -0.2) is 0 Å². The number of aliphatic hydroxyl groups is 2. The first kappa shape index (κ1) is 13.9. The highest BCUT2D eigenvalue weighted by molar-refractivity contribution is 5.22. The third-order valence-corrected chi connectivity index (χ3v) is 7.71. The quantitative estimate of drug-likeness (QED) is 0.655. The van der Waals surface area contributed by atoms with Gasteiger partial charge in [0.25, 0.3) is 0 Å². The summed E-state index contributed by atoms with van der Waals surface area (Å²) in [5.41, 5.74) is 0.309. The molecule has 2 unspecified atom stereocenters. The SMILES string of the molecule is C[C@]12C=CC(O)CC1CC[C@@H]1[C@@H]2CC[C@]2(C)C(O)=CC[C@@H]12. The summed E-state index contributed by atoms with van der Waals surface area (Å²) < 4.78 is 0. The lowest BCUT2D eigenvalue weighted by molar-refractivity contribution is -0.0778. The van der Waals surface area contributed by atoms with Crippen molar-refractivity contribution in [1.29, 1.82) is 0 Å². The second kappa shape index (κ2) is 4.38. The van der Waals surface area contributed by atoms with Crippen molar-refractivity contribution < 1.29 is 10.2 Å².